The van der Waals surface area contributed by atoms with E-state index >= 15 is 0 Å². The number of nitrogens with zero attached hydrogens (tertiary/aromatic N) is 1. The minimum absolute atomic E-state index is 0.0545. The molecule has 10 nitrogen and oxygen atoms in total. The number of carbonyl (C=O) groups is 3. The zero-order chi connectivity index (χ0) is 23.1. The Bertz CT molecular complexity index is 775. The van der Waals surface area contributed by atoms with Gasteiger partial charge in [-0.15, -0.1) is 0 Å². The summed E-state index contributed by atoms with van der Waals surface area (Å²) in [6, 6.07) is 3.69. The largest absolute Gasteiger partial charge is 0.460 e. The summed E-state index contributed by atoms with van der Waals surface area (Å²) in [7, 11) is 0. The quantitative estimate of drug-likeness (QED) is 0.304. The molecule has 0 fully saturated rings. The van der Waals surface area contributed by atoms with Crippen LogP contribution in [0.4, 0.5) is 10.5 Å². The lowest BCUT2D eigenvalue weighted by atomic mass is 10.1. The Morgan fingerprint density at radius 2 is 1.53 bits per heavy atom. The summed E-state index contributed by atoms with van der Waals surface area (Å²) < 4.78 is 15.5. The van der Waals surface area contributed by atoms with Crippen LogP contribution in [0.3, 0.4) is 0 Å². The van der Waals surface area contributed by atoms with Crippen LogP contribution in [-0.2, 0) is 19.1 Å². The maximum absolute atomic E-state index is 12.6. The number of ether oxygens (including phenoxy) is 3. The van der Waals surface area contributed by atoms with Gasteiger partial charge in [0.2, 0.25) is 0 Å². The van der Waals surface area contributed by atoms with Gasteiger partial charge in [0.15, 0.2) is 0 Å². The molecular weight excluding hydrogens is 396 g/mol. The van der Waals surface area contributed by atoms with Crippen molar-refractivity contribution in [3.63, 3.8) is 0 Å². The van der Waals surface area contributed by atoms with Crippen LogP contribution in [0.1, 0.15) is 54.4 Å². The Morgan fingerprint density at radius 1 is 1.00 bits per heavy atom. The second-order valence-electron chi connectivity index (χ2n) is 8.50. The van der Waals surface area contributed by atoms with Crippen molar-refractivity contribution in [2.45, 2.75) is 71.6 Å². The third kappa shape index (κ3) is 9.85. The van der Waals surface area contributed by atoms with E-state index in [2.05, 4.69) is 5.32 Å². The van der Waals surface area contributed by atoms with Crippen LogP contribution >= 0.6 is 0 Å². The SMILES string of the molecule is CC(C)(C)OC(=O)CCC(NC(=O)OC(C)(C)C)C(=O)Oc1ccc([N+](=O)[O-])cc1. The second kappa shape index (κ2) is 10.0. The van der Waals surface area contributed by atoms with Gasteiger partial charge in [0.1, 0.15) is 23.0 Å². The van der Waals surface area contributed by atoms with E-state index in [4.69, 9.17) is 14.2 Å². The fourth-order valence-electron chi connectivity index (χ4n) is 2.18. The maximum atomic E-state index is 12.6. The molecule has 1 N–H and O–H groups in total. The highest BCUT2D eigenvalue weighted by Gasteiger charge is 2.28. The Balaban J connectivity index is 2.86. The Hall–Kier alpha value is -3.17. The number of hydrogen-bond acceptors (Lipinski definition) is 8. The van der Waals surface area contributed by atoms with Crippen molar-refractivity contribution in [1.29, 1.82) is 0 Å². The van der Waals surface area contributed by atoms with E-state index in [1.165, 1.54) is 24.3 Å². The molecule has 1 atom stereocenters. The molecule has 0 aliphatic rings. The van der Waals surface area contributed by atoms with Crippen molar-refractivity contribution in [3.05, 3.63) is 34.4 Å². The van der Waals surface area contributed by atoms with Gasteiger partial charge in [0.05, 0.1) is 4.92 Å². The van der Waals surface area contributed by atoms with Crippen molar-refractivity contribution in [2.24, 2.45) is 0 Å². The minimum atomic E-state index is -1.19. The molecule has 0 aromatic heterocycles. The van der Waals surface area contributed by atoms with Crippen LogP contribution in [0.25, 0.3) is 0 Å². The summed E-state index contributed by atoms with van der Waals surface area (Å²) in [5.41, 5.74) is -1.64. The van der Waals surface area contributed by atoms with Gasteiger partial charge in [-0.1, -0.05) is 0 Å². The first-order chi connectivity index (χ1) is 13.7. The fraction of sp³-hybridized carbons (Fsp3) is 0.550. The Morgan fingerprint density at radius 3 is 2.00 bits per heavy atom. The summed E-state index contributed by atoms with van der Waals surface area (Å²) in [6.07, 6.45) is -1.08. The van der Waals surface area contributed by atoms with Crippen molar-refractivity contribution in [3.8, 4) is 5.75 Å². The van der Waals surface area contributed by atoms with E-state index in [0.717, 1.165) is 0 Å². The number of alkyl carbamates (subject to hydrolysis) is 1. The third-order valence-corrected chi connectivity index (χ3v) is 3.30. The van der Waals surface area contributed by atoms with Crippen LogP contribution in [-0.4, -0.2) is 40.2 Å². The van der Waals surface area contributed by atoms with E-state index in [1.807, 2.05) is 0 Å². The molecule has 0 aliphatic carbocycles. The average Bonchev–Trinajstić information content (AvgIpc) is 2.55. The van der Waals surface area contributed by atoms with Gasteiger partial charge >= 0.3 is 18.0 Å². The summed E-state index contributed by atoms with van der Waals surface area (Å²) in [4.78, 5) is 46.8. The fourth-order valence-corrected chi connectivity index (χ4v) is 2.18. The van der Waals surface area contributed by atoms with Crippen LogP contribution in [0, 0.1) is 10.1 Å². The first-order valence-electron chi connectivity index (χ1n) is 9.34. The zero-order valence-electron chi connectivity index (χ0n) is 18.0. The highest BCUT2D eigenvalue weighted by molar-refractivity contribution is 5.83. The molecular formula is C20H28N2O8. The van der Waals surface area contributed by atoms with Gasteiger partial charge in [0.25, 0.3) is 5.69 Å². The van der Waals surface area contributed by atoms with Gasteiger partial charge in [-0.05, 0) is 60.1 Å². The van der Waals surface area contributed by atoms with Gasteiger partial charge < -0.3 is 19.5 Å². The smallest absolute Gasteiger partial charge is 0.408 e. The molecule has 1 unspecified atom stereocenters. The number of nitro benzene ring substituents is 1. The van der Waals surface area contributed by atoms with E-state index in [0.29, 0.717) is 0 Å². The van der Waals surface area contributed by atoms with E-state index in [9.17, 15) is 24.5 Å². The van der Waals surface area contributed by atoms with Crippen LogP contribution in [0.15, 0.2) is 24.3 Å². The number of benzene rings is 1. The number of carbonyl (C=O) groups excluding carboxylic acids is 3. The molecule has 1 rings (SSSR count). The Labute approximate surface area is 175 Å². The normalized spacial score (nSPS) is 12.5. The molecule has 0 radical (unpaired) electrons. The zero-order valence-corrected chi connectivity index (χ0v) is 18.0. The third-order valence-electron chi connectivity index (χ3n) is 3.30. The predicted molar refractivity (Wildman–Crippen MR) is 107 cm³/mol. The number of hydrogen-bond donors (Lipinski definition) is 1. The van der Waals surface area contributed by atoms with Crippen LogP contribution in [0.2, 0.25) is 0 Å². The number of esters is 2. The molecule has 0 spiro atoms. The standard InChI is InChI=1S/C20H28N2O8/c1-19(2,3)29-16(23)12-11-15(21-18(25)30-20(4,5)6)17(24)28-14-9-7-13(8-10-14)22(26)27/h7-10,15H,11-12H2,1-6H3,(H,21,25). The number of rotatable bonds is 7. The summed E-state index contributed by atoms with van der Waals surface area (Å²) >= 11 is 0. The van der Waals surface area contributed by atoms with E-state index in [-0.39, 0.29) is 24.3 Å². The first-order valence-corrected chi connectivity index (χ1v) is 9.34. The summed E-state index contributed by atoms with van der Waals surface area (Å²) in [5.74, 6) is -1.33. The summed E-state index contributed by atoms with van der Waals surface area (Å²) in [6.45, 7) is 10.1. The van der Waals surface area contributed by atoms with Crippen molar-refractivity contribution >= 4 is 23.7 Å². The van der Waals surface area contributed by atoms with Gasteiger partial charge in [0, 0.05) is 18.6 Å². The lowest BCUT2D eigenvalue weighted by molar-refractivity contribution is -0.384. The molecule has 0 saturated carbocycles. The number of non-ortho nitro benzene ring substituents is 1. The number of nitrogens with one attached hydrogen (secondary N) is 1. The molecule has 1 aromatic rings. The molecule has 0 heterocycles. The van der Waals surface area contributed by atoms with Crippen molar-refractivity contribution < 1.29 is 33.5 Å². The minimum Gasteiger partial charge on any atom is -0.460 e. The highest BCUT2D eigenvalue weighted by Crippen LogP contribution is 2.19. The van der Waals surface area contributed by atoms with Gasteiger partial charge in [-0.3, -0.25) is 14.9 Å². The van der Waals surface area contributed by atoms with Crippen LogP contribution in [0.5, 0.6) is 5.75 Å². The summed E-state index contributed by atoms with van der Waals surface area (Å²) in [5, 5.41) is 13.1. The lowest BCUT2D eigenvalue weighted by Gasteiger charge is -2.23. The highest BCUT2D eigenvalue weighted by atomic mass is 16.6. The molecule has 0 bridgehead atoms. The van der Waals surface area contributed by atoms with Crippen molar-refractivity contribution in [2.75, 3.05) is 0 Å². The number of nitro groups is 1. The first kappa shape index (κ1) is 24.9. The number of amides is 1. The van der Waals surface area contributed by atoms with Gasteiger partial charge in [-0.25, -0.2) is 9.59 Å². The van der Waals surface area contributed by atoms with Crippen LogP contribution < -0.4 is 10.1 Å². The molecule has 0 aliphatic heterocycles. The monoisotopic (exact) mass is 424 g/mol. The second-order valence-corrected chi connectivity index (χ2v) is 8.50. The van der Waals surface area contributed by atoms with Crippen molar-refractivity contribution in [1.82, 2.24) is 5.32 Å². The molecule has 166 valence electrons. The molecule has 0 saturated heterocycles. The molecule has 1 amide bonds. The maximum Gasteiger partial charge on any atom is 0.408 e. The molecule has 10 heteroatoms. The van der Waals surface area contributed by atoms with E-state index in [1.54, 1.807) is 41.5 Å². The topological polar surface area (TPSA) is 134 Å². The average molecular weight is 424 g/mol. The van der Waals surface area contributed by atoms with E-state index < -0.39 is 40.2 Å². The molecule has 30 heavy (non-hydrogen) atoms. The van der Waals surface area contributed by atoms with Gasteiger partial charge in [-0.2, -0.15) is 0 Å². The lowest BCUT2D eigenvalue weighted by Crippen LogP contribution is -2.45. The Kier molecular flexibility index (Phi) is 8.32. The predicted octanol–water partition coefficient (Wildman–Crippen LogP) is 3.52. The molecule has 1 aromatic carbocycles.